The van der Waals surface area contributed by atoms with E-state index in [2.05, 4.69) is 49.6 Å². The van der Waals surface area contributed by atoms with Gasteiger partial charge >= 0.3 is 0 Å². The van der Waals surface area contributed by atoms with Crippen LogP contribution < -0.4 is 14.5 Å². The van der Waals surface area contributed by atoms with E-state index in [4.69, 9.17) is 4.74 Å². The lowest BCUT2D eigenvalue weighted by Gasteiger charge is -2.23. The number of aromatic nitrogens is 4. The van der Waals surface area contributed by atoms with Crippen LogP contribution in [0.4, 0.5) is 11.8 Å². The first-order valence-electron chi connectivity index (χ1n) is 8.83. The number of nitrogens with zero attached hydrogens (tertiary/aromatic N) is 6. The minimum atomic E-state index is 0.421. The van der Waals surface area contributed by atoms with Gasteiger partial charge < -0.3 is 14.5 Å². The lowest BCUT2D eigenvalue weighted by molar-refractivity contribution is 0.397. The number of hydrogen-bond acceptors (Lipinski definition) is 7. The summed E-state index contributed by atoms with van der Waals surface area (Å²) in [5.41, 5.74) is 1.11. The van der Waals surface area contributed by atoms with Crippen LogP contribution in [0.15, 0.2) is 24.7 Å². The molecule has 4 heterocycles. The fraction of sp³-hybridized carbons (Fsp3) is 0.556. The second-order valence-electron chi connectivity index (χ2n) is 7.18. The maximum absolute atomic E-state index is 5.21. The number of ether oxygens (including phenoxy) is 1. The summed E-state index contributed by atoms with van der Waals surface area (Å²) in [5.74, 6) is 4.09. The highest BCUT2D eigenvalue weighted by Gasteiger charge is 2.41. The molecule has 4 rings (SSSR count). The molecule has 25 heavy (non-hydrogen) atoms. The molecule has 0 aromatic carbocycles. The normalized spacial score (nSPS) is 22.6. The fourth-order valence-corrected chi connectivity index (χ4v) is 3.79. The topological polar surface area (TPSA) is 67.3 Å². The molecule has 2 unspecified atom stereocenters. The molecule has 0 spiro atoms. The van der Waals surface area contributed by atoms with Gasteiger partial charge in [0.1, 0.15) is 12.1 Å². The van der Waals surface area contributed by atoms with E-state index in [0.717, 1.165) is 43.6 Å². The molecule has 2 aromatic rings. The molecule has 132 valence electrons. The van der Waals surface area contributed by atoms with Gasteiger partial charge in [0.25, 0.3) is 0 Å². The fourth-order valence-electron chi connectivity index (χ4n) is 3.79. The van der Waals surface area contributed by atoms with Crippen LogP contribution >= 0.6 is 0 Å². The number of fused-ring (bicyclic) bond motifs is 1. The minimum absolute atomic E-state index is 0.421. The van der Waals surface area contributed by atoms with E-state index in [-0.39, 0.29) is 0 Å². The van der Waals surface area contributed by atoms with Crippen LogP contribution in [0.25, 0.3) is 0 Å². The summed E-state index contributed by atoms with van der Waals surface area (Å²) in [7, 11) is 1.63. The van der Waals surface area contributed by atoms with E-state index in [1.807, 2.05) is 0 Å². The number of anilines is 2. The predicted molar refractivity (Wildman–Crippen MR) is 96.1 cm³/mol. The zero-order valence-corrected chi connectivity index (χ0v) is 15.0. The molecule has 2 aromatic heterocycles. The molecule has 2 saturated heterocycles. The van der Waals surface area contributed by atoms with Gasteiger partial charge in [-0.25, -0.2) is 15.0 Å². The van der Waals surface area contributed by atoms with Gasteiger partial charge in [-0.05, 0) is 5.92 Å². The Labute approximate surface area is 148 Å². The Morgan fingerprint density at radius 1 is 1.04 bits per heavy atom. The lowest BCUT2D eigenvalue weighted by Crippen LogP contribution is -2.30. The van der Waals surface area contributed by atoms with Gasteiger partial charge in [0.15, 0.2) is 0 Å². The summed E-state index contributed by atoms with van der Waals surface area (Å²) < 4.78 is 5.21. The van der Waals surface area contributed by atoms with Gasteiger partial charge in [0.2, 0.25) is 11.8 Å². The minimum Gasteiger partial charge on any atom is -0.481 e. The van der Waals surface area contributed by atoms with Crippen molar-refractivity contribution < 1.29 is 4.74 Å². The van der Waals surface area contributed by atoms with Gasteiger partial charge in [-0.1, -0.05) is 13.8 Å². The monoisotopic (exact) mass is 340 g/mol. The van der Waals surface area contributed by atoms with Crippen molar-refractivity contribution in [3.8, 4) is 5.88 Å². The molecule has 2 atom stereocenters. The van der Waals surface area contributed by atoms with E-state index < -0.39 is 0 Å². The number of hydrogen-bond donors (Lipinski definition) is 0. The maximum Gasteiger partial charge on any atom is 0.228 e. The summed E-state index contributed by atoms with van der Waals surface area (Å²) >= 11 is 0. The standard InChI is InChI=1S/C18H24N6O/c1-12(2)15-6-16(21-11-20-15)23-7-13-9-24(10-14(13)8-23)18-19-5-4-17(22-18)25-3/h4-6,11-14H,7-10H2,1-3H3. The van der Waals surface area contributed by atoms with E-state index in [0.29, 0.717) is 23.6 Å². The molecule has 2 aliphatic heterocycles. The van der Waals surface area contributed by atoms with Crippen molar-refractivity contribution in [2.45, 2.75) is 19.8 Å². The van der Waals surface area contributed by atoms with E-state index >= 15 is 0 Å². The van der Waals surface area contributed by atoms with Gasteiger partial charge in [-0.15, -0.1) is 0 Å². The summed E-state index contributed by atoms with van der Waals surface area (Å²) in [5, 5.41) is 0. The summed E-state index contributed by atoms with van der Waals surface area (Å²) in [6.07, 6.45) is 3.45. The Morgan fingerprint density at radius 3 is 2.44 bits per heavy atom. The third-order valence-electron chi connectivity index (χ3n) is 5.18. The molecular formula is C18H24N6O. The number of rotatable bonds is 4. The molecule has 0 saturated carbocycles. The third-order valence-corrected chi connectivity index (χ3v) is 5.18. The molecule has 0 amide bonds. The molecule has 7 heteroatoms. The average Bonchev–Trinajstić information content (AvgIpc) is 3.21. The summed E-state index contributed by atoms with van der Waals surface area (Å²) in [6.45, 7) is 8.35. The Hall–Kier alpha value is -2.44. The highest BCUT2D eigenvalue weighted by molar-refractivity contribution is 5.43. The predicted octanol–water partition coefficient (Wildman–Crippen LogP) is 1.97. The van der Waals surface area contributed by atoms with Crippen LogP contribution in [0.5, 0.6) is 5.88 Å². The Kier molecular flexibility index (Phi) is 4.15. The largest absolute Gasteiger partial charge is 0.481 e. The Balaban J connectivity index is 1.44. The first-order chi connectivity index (χ1) is 12.1. The summed E-state index contributed by atoms with van der Waals surface area (Å²) in [6, 6.07) is 3.91. The SMILES string of the molecule is COc1ccnc(N2CC3CN(c4cc(C(C)C)ncn4)CC3C2)n1. The van der Waals surface area contributed by atoms with Crippen molar-refractivity contribution in [1.29, 1.82) is 0 Å². The summed E-state index contributed by atoms with van der Waals surface area (Å²) in [4.78, 5) is 22.4. The highest BCUT2D eigenvalue weighted by Crippen LogP contribution is 2.35. The van der Waals surface area contributed by atoms with E-state index in [9.17, 15) is 0 Å². The molecule has 0 aliphatic carbocycles. The average molecular weight is 340 g/mol. The van der Waals surface area contributed by atoms with Crippen molar-refractivity contribution >= 4 is 11.8 Å². The first kappa shape index (κ1) is 16.1. The molecule has 0 bridgehead atoms. The van der Waals surface area contributed by atoms with E-state index in [1.165, 1.54) is 0 Å². The highest BCUT2D eigenvalue weighted by atomic mass is 16.5. The van der Waals surface area contributed by atoms with E-state index in [1.54, 1.807) is 25.7 Å². The third kappa shape index (κ3) is 3.10. The van der Waals surface area contributed by atoms with Crippen LogP contribution in [-0.4, -0.2) is 53.2 Å². The Bertz CT molecular complexity index is 738. The van der Waals surface area contributed by atoms with Crippen LogP contribution in [0.3, 0.4) is 0 Å². The molecule has 2 fully saturated rings. The Morgan fingerprint density at radius 2 is 1.76 bits per heavy atom. The molecule has 7 nitrogen and oxygen atoms in total. The second kappa shape index (κ2) is 6.46. The van der Waals surface area contributed by atoms with Gasteiger partial charge in [-0.2, -0.15) is 4.98 Å². The molecule has 2 aliphatic rings. The molecular weight excluding hydrogens is 316 g/mol. The van der Waals surface area contributed by atoms with Crippen molar-refractivity contribution in [1.82, 2.24) is 19.9 Å². The zero-order valence-electron chi connectivity index (χ0n) is 15.0. The van der Waals surface area contributed by atoms with Crippen molar-refractivity contribution in [2.75, 3.05) is 43.1 Å². The quantitative estimate of drug-likeness (QED) is 0.843. The van der Waals surface area contributed by atoms with Crippen molar-refractivity contribution in [2.24, 2.45) is 11.8 Å². The molecule has 0 radical (unpaired) electrons. The van der Waals surface area contributed by atoms with Crippen LogP contribution in [0.1, 0.15) is 25.5 Å². The van der Waals surface area contributed by atoms with Gasteiger partial charge in [-0.3, -0.25) is 0 Å². The van der Waals surface area contributed by atoms with Gasteiger partial charge in [0, 0.05) is 62.0 Å². The zero-order chi connectivity index (χ0) is 17.4. The maximum atomic E-state index is 5.21. The second-order valence-corrected chi connectivity index (χ2v) is 7.18. The number of methoxy groups -OCH3 is 1. The smallest absolute Gasteiger partial charge is 0.228 e. The first-order valence-corrected chi connectivity index (χ1v) is 8.83. The van der Waals surface area contributed by atoms with Crippen LogP contribution in [0, 0.1) is 11.8 Å². The van der Waals surface area contributed by atoms with Crippen LogP contribution in [-0.2, 0) is 0 Å². The van der Waals surface area contributed by atoms with Crippen molar-refractivity contribution in [3.63, 3.8) is 0 Å². The van der Waals surface area contributed by atoms with Crippen LogP contribution in [0.2, 0.25) is 0 Å². The lowest BCUT2D eigenvalue weighted by atomic mass is 10.0. The van der Waals surface area contributed by atoms with Crippen molar-refractivity contribution in [3.05, 3.63) is 30.4 Å². The van der Waals surface area contributed by atoms with Gasteiger partial charge in [0.05, 0.1) is 7.11 Å². The molecule has 0 N–H and O–H groups in total.